The Morgan fingerprint density at radius 1 is 0.265 bits per heavy atom. The first-order valence-electron chi connectivity index (χ1n) is 34.3. The number of carbonyl (C=O) groups is 3. The first kappa shape index (κ1) is 78.3. The second-order valence-corrected chi connectivity index (χ2v) is 22.3. The normalized spacial score (nSPS) is 13.0. The summed E-state index contributed by atoms with van der Waals surface area (Å²) in [7, 11) is 0. The summed E-state index contributed by atoms with van der Waals surface area (Å²) in [5.41, 5.74) is 0. The Balaban J connectivity index is 4.40. The molecular weight excluding hydrogens is 1020 g/mol. The van der Waals surface area contributed by atoms with Gasteiger partial charge in [0.2, 0.25) is 0 Å². The molecule has 470 valence electrons. The minimum atomic E-state index is -0.828. The van der Waals surface area contributed by atoms with Gasteiger partial charge in [-0.1, -0.05) is 308 Å². The third-order valence-electron chi connectivity index (χ3n) is 14.3. The van der Waals surface area contributed by atoms with Crippen LogP contribution < -0.4 is 0 Å². The monoisotopic (exact) mass is 1150 g/mol. The summed E-state index contributed by atoms with van der Waals surface area (Å²) in [5, 5.41) is 0. The largest absolute Gasteiger partial charge is 0.462 e. The van der Waals surface area contributed by atoms with Crippen LogP contribution in [-0.2, 0) is 28.6 Å². The average molecular weight is 1150 g/mol. The van der Waals surface area contributed by atoms with Crippen LogP contribution in [0.25, 0.3) is 0 Å². The number of carbonyl (C=O) groups excluding carboxylic acids is 3. The Labute approximate surface area is 512 Å². The molecule has 0 fully saturated rings. The standard InChI is InChI=1S/C77H126O6/c1-4-7-10-13-16-19-22-25-28-30-32-34-35-36-37-38-39-40-41-43-44-46-49-52-55-58-61-64-67-70-76(79)82-73-74(72-81-75(78)69-66-63-60-57-54-51-48-27-24-21-18-15-12-9-6-3)83-77(80)71-68-65-62-59-56-53-50-47-45-42-33-31-29-26-23-20-17-14-11-8-5-2/h7,9-10,12,16,18-19,21,25,27-28,31-34,36-37,39-40,48,54,57,63,66,74H,4-6,8,11,13-15,17,20,22-24,26,29-30,35,38,41-47,49-53,55-56,58-62,64-65,67-73H2,1-3H3/b10-7-,12-9-,19-16-,21-18-,28-25-,33-31-,34-32-,37-36-,40-39-,48-27-,57-54-,66-63-. The van der Waals surface area contributed by atoms with Gasteiger partial charge in [-0.15, -0.1) is 0 Å². The molecule has 0 spiro atoms. The minimum absolute atomic E-state index is 0.115. The zero-order chi connectivity index (χ0) is 59.9. The van der Waals surface area contributed by atoms with E-state index in [2.05, 4.69) is 154 Å². The van der Waals surface area contributed by atoms with Crippen molar-refractivity contribution in [2.75, 3.05) is 13.2 Å². The molecule has 0 radical (unpaired) electrons. The van der Waals surface area contributed by atoms with Gasteiger partial charge in [0.15, 0.2) is 6.10 Å². The van der Waals surface area contributed by atoms with Crippen LogP contribution in [0, 0.1) is 0 Å². The number of hydrogen-bond donors (Lipinski definition) is 0. The van der Waals surface area contributed by atoms with Crippen molar-refractivity contribution in [3.05, 3.63) is 146 Å². The Hall–Kier alpha value is -4.71. The van der Waals surface area contributed by atoms with Gasteiger partial charge in [-0.3, -0.25) is 14.4 Å². The van der Waals surface area contributed by atoms with E-state index >= 15 is 0 Å². The molecular formula is C77H126O6. The van der Waals surface area contributed by atoms with Crippen LogP contribution in [0.3, 0.4) is 0 Å². The molecule has 0 aromatic heterocycles. The maximum atomic E-state index is 12.9. The van der Waals surface area contributed by atoms with Crippen molar-refractivity contribution >= 4 is 17.9 Å². The van der Waals surface area contributed by atoms with Crippen molar-refractivity contribution in [2.45, 2.75) is 309 Å². The van der Waals surface area contributed by atoms with E-state index in [1.807, 2.05) is 6.08 Å². The highest BCUT2D eigenvalue weighted by Crippen LogP contribution is 2.16. The molecule has 1 atom stereocenters. The second kappa shape index (κ2) is 69.8. The number of unbranched alkanes of at least 4 members (excludes halogenated alkanes) is 27. The van der Waals surface area contributed by atoms with Crippen LogP contribution in [-0.4, -0.2) is 37.2 Å². The molecule has 0 aliphatic heterocycles. The van der Waals surface area contributed by atoms with Gasteiger partial charge in [-0.2, -0.15) is 0 Å². The molecule has 0 heterocycles. The zero-order valence-electron chi connectivity index (χ0n) is 53.9. The van der Waals surface area contributed by atoms with E-state index in [0.29, 0.717) is 12.8 Å². The lowest BCUT2D eigenvalue weighted by Crippen LogP contribution is -2.30. The molecule has 1 unspecified atom stereocenters. The van der Waals surface area contributed by atoms with Crippen LogP contribution in [0.15, 0.2) is 146 Å². The number of allylic oxidation sites excluding steroid dienone is 23. The minimum Gasteiger partial charge on any atom is -0.462 e. The Kier molecular flexibility index (Phi) is 65.8. The van der Waals surface area contributed by atoms with Gasteiger partial charge in [-0.05, 0) is 122 Å². The molecule has 0 aliphatic carbocycles. The summed E-state index contributed by atoms with van der Waals surface area (Å²) < 4.78 is 16.9. The molecule has 0 bridgehead atoms. The predicted molar refractivity (Wildman–Crippen MR) is 362 cm³/mol. The molecule has 0 aliphatic rings. The molecule has 0 rings (SSSR count). The van der Waals surface area contributed by atoms with Crippen LogP contribution in [0.1, 0.15) is 303 Å². The van der Waals surface area contributed by atoms with Gasteiger partial charge in [0.25, 0.3) is 0 Å². The maximum absolute atomic E-state index is 12.9. The first-order chi connectivity index (χ1) is 41.0. The highest BCUT2D eigenvalue weighted by molar-refractivity contribution is 5.72. The van der Waals surface area contributed by atoms with Crippen molar-refractivity contribution < 1.29 is 28.6 Å². The van der Waals surface area contributed by atoms with E-state index in [1.54, 1.807) is 6.08 Å². The topological polar surface area (TPSA) is 78.9 Å². The summed E-state index contributed by atoms with van der Waals surface area (Å²) in [5.74, 6) is -1.05. The van der Waals surface area contributed by atoms with Crippen LogP contribution in [0.4, 0.5) is 0 Å². The SMILES string of the molecule is CC/C=C\C/C=C\C/C=C\C/C=C\C/C=C\C/C=C\CCCCCCCCCCCCC(=O)OCC(COC(=O)C/C=C\C/C=C\C/C=C\C/C=C\C/C=C\CC)OC(=O)CCCCCCCCCCC/C=C\CCCCCCCCCC. The number of hydrogen-bond acceptors (Lipinski definition) is 6. The lowest BCUT2D eigenvalue weighted by molar-refractivity contribution is -0.166. The van der Waals surface area contributed by atoms with Crippen LogP contribution >= 0.6 is 0 Å². The van der Waals surface area contributed by atoms with E-state index in [-0.39, 0.29) is 31.6 Å². The van der Waals surface area contributed by atoms with Gasteiger partial charge in [0.1, 0.15) is 13.2 Å². The van der Waals surface area contributed by atoms with E-state index in [9.17, 15) is 14.4 Å². The fourth-order valence-corrected chi connectivity index (χ4v) is 9.28. The lowest BCUT2D eigenvalue weighted by atomic mass is 10.0. The molecule has 83 heavy (non-hydrogen) atoms. The third-order valence-corrected chi connectivity index (χ3v) is 14.3. The Morgan fingerprint density at radius 2 is 0.518 bits per heavy atom. The van der Waals surface area contributed by atoms with Gasteiger partial charge < -0.3 is 14.2 Å². The maximum Gasteiger partial charge on any atom is 0.309 e. The average Bonchev–Trinajstić information content (AvgIpc) is 3.49. The number of esters is 3. The fourth-order valence-electron chi connectivity index (χ4n) is 9.28. The van der Waals surface area contributed by atoms with Gasteiger partial charge in [0, 0.05) is 12.8 Å². The Morgan fingerprint density at radius 3 is 0.855 bits per heavy atom. The first-order valence-corrected chi connectivity index (χ1v) is 34.3. The zero-order valence-corrected chi connectivity index (χ0v) is 53.9. The highest BCUT2D eigenvalue weighted by Gasteiger charge is 2.19. The van der Waals surface area contributed by atoms with E-state index < -0.39 is 12.1 Å². The van der Waals surface area contributed by atoms with E-state index in [1.165, 1.54) is 148 Å². The van der Waals surface area contributed by atoms with Gasteiger partial charge in [-0.25, -0.2) is 0 Å². The van der Waals surface area contributed by atoms with Crippen LogP contribution in [0.2, 0.25) is 0 Å². The molecule has 0 N–H and O–H groups in total. The summed E-state index contributed by atoms with van der Waals surface area (Å²) in [6, 6.07) is 0. The Bertz CT molecular complexity index is 1800. The van der Waals surface area contributed by atoms with E-state index in [4.69, 9.17) is 14.2 Å². The molecule has 6 nitrogen and oxygen atoms in total. The molecule has 0 saturated carbocycles. The fraction of sp³-hybridized carbons (Fsp3) is 0.649. The van der Waals surface area contributed by atoms with Crippen molar-refractivity contribution in [3.63, 3.8) is 0 Å². The predicted octanol–water partition coefficient (Wildman–Crippen LogP) is 23.9. The molecule has 0 aromatic rings. The van der Waals surface area contributed by atoms with Crippen molar-refractivity contribution in [1.29, 1.82) is 0 Å². The summed E-state index contributed by atoms with van der Waals surface area (Å²) in [6.07, 6.45) is 100. The summed E-state index contributed by atoms with van der Waals surface area (Å²) >= 11 is 0. The van der Waals surface area contributed by atoms with Crippen molar-refractivity contribution in [3.8, 4) is 0 Å². The third kappa shape index (κ3) is 68.0. The second-order valence-electron chi connectivity index (χ2n) is 22.3. The number of ether oxygens (including phenoxy) is 3. The van der Waals surface area contributed by atoms with Crippen molar-refractivity contribution in [2.24, 2.45) is 0 Å². The quantitative estimate of drug-likeness (QED) is 0.0261. The molecule has 0 amide bonds. The lowest BCUT2D eigenvalue weighted by Gasteiger charge is -2.18. The number of rotatable bonds is 61. The molecule has 0 aromatic carbocycles. The van der Waals surface area contributed by atoms with Gasteiger partial charge in [0.05, 0.1) is 6.42 Å². The smallest absolute Gasteiger partial charge is 0.309 e. The van der Waals surface area contributed by atoms with E-state index in [0.717, 1.165) is 116 Å². The molecule has 0 saturated heterocycles. The van der Waals surface area contributed by atoms with Crippen molar-refractivity contribution in [1.82, 2.24) is 0 Å². The summed E-state index contributed by atoms with van der Waals surface area (Å²) in [6.45, 7) is 6.34. The molecule has 6 heteroatoms. The van der Waals surface area contributed by atoms with Crippen LogP contribution in [0.5, 0.6) is 0 Å². The highest BCUT2D eigenvalue weighted by atomic mass is 16.6. The van der Waals surface area contributed by atoms with Gasteiger partial charge >= 0.3 is 17.9 Å². The summed E-state index contributed by atoms with van der Waals surface area (Å²) in [4.78, 5) is 38.4.